The molecular weight excluding hydrogens is 267 g/mol. The van der Waals surface area contributed by atoms with Gasteiger partial charge in [0.05, 0.1) is 0 Å². The molecule has 2 aromatic rings. The molecule has 0 spiro atoms. The average molecular weight is 276 g/mol. The zero-order chi connectivity index (χ0) is 12.3. The van der Waals surface area contributed by atoms with Crippen LogP contribution in [-0.4, -0.2) is 6.98 Å². The largest absolute Gasteiger partial charge is 1.00 e. The Labute approximate surface area is 146 Å². The topological polar surface area (TPSA) is 9.23 Å². The first-order chi connectivity index (χ1) is 8.05. The summed E-state index contributed by atoms with van der Waals surface area (Å²) in [6.45, 7) is -4.94. The molecule has 0 atom stereocenters. The van der Waals surface area contributed by atoms with Gasteiger partial charge in [0.25, 0.3) is 0 Å². The predicted octanol–water partition coefficient (Wildman–Crippen LogP) is 0.537. The summed E-state index contributed by atoms with van der Waals surface area (Å²) in [5.74, 6) is 0.984. The molecular formula is C12H9BF3KO. The average Bonchev–Trinajstić information content (AvgIpc) is 2.30. The molecule has 2 aromatic carbocycles. The Bertz CT molecular complexity index is 485. The maximum atomic E-state index is 12.4. The molecule has 0 aromatic heterocycles. The normalized spacial score (nSPS) is 10.6. The summed E-state index contributed by atoms with van der Waals surface area (Å²) in [5, 5.41) is 0. The van der Waals surface area contributed by atoms with Crippen LogP contribution in [0.5, 0.6) is 11.5 Å². The van der Waals surface area contributed by atoms with E-state index in [-0.39, 0.29) is 51.4 Å². The molecule has 0 saturated heterocycles. The van der Waals surface area contributed by atoms with Crippen LogP contribution in [0.2, 0.25) is 0 Å². The van der Waals surface area contributed by atoms with Crippen molar-refractivity contribution >= 4 is 12.4 Å². The van der Waals surface area contributed by atoms with Gasteiger partial charge in [-0.1, -0.05) is 30.3 Å². The third kappa shape index (κ3) is 4.44. The van der Waals surface area contributed by atoms with Crippen LogP contribution < -0.4 is 61.6 Å². The van der Waals surface area contributed by atoms with Gasteiger partial charge in [-0.05, 0) is 24.3 Å². The van der Waals surface area contributed by atoms with Crippen LogP contribution in [0, 0.1) is 0 Å². The third-order valence-corrected chi connectivity index (χ3v) is 2.24. The van der Waals surface area contributed by atoms with Gasteiger partial charge in [0.15, 0.2) is 0 Å². The van der Waals surface area contributed by atoms with Crippen LogP contribution in [0.4, 0.5) is 12.9 Å². The summed E-state index contributed by atoms with van der Waals surface area (Å²) in [4.78, 5) is 0. The molecule has 0 bridgehead atoms. The third-order valence-electron chi connectivity index (χ3n) is 2.24. The van der Waals surface area contributed by atoms with E-state index in [1.807, 2.05) is 6.07 Å². The Hall–Kier alpha value is -0.269. The Kier molecular flexibility index (Phi) is 5.94. The van der Waals surface area contributed by atoms with Crippen molar-refractivity contribution in [3.63, 3.8) is 0 Å². The summed E-state index contributed by atoms with van der Waals surface area (Å²) in [5.41, 5.74) is -0.620. The molecule has 0 aliphatic carbocycles. The number of rotatable bonds is 3. The summed E-state index contributed by atoms with van der Waals surface area (Å²) >= 11 is 0. The van der Waals surface area contributed by atoms with Crippen LogP contribution in [0.1, 0.15) is 0 Å². The maximum Gasteiger partial charge on any atom is 1.00 e. The second-order valence-electron chi connectivity index (χ2n) is 3.56. The smallest absolute Gasteiger partial charge is 0.457 e. The van der Waals surface area contributed by atoms with Crippen LogP contribution in [0.25, 0.3) is 0 Å². The van der Waals surface area contributed by atoms with Crippen molar-refractivity contribution in [1.82, 2.24) is 0 Å². The van der Waals surface area contributed by atoms with E-state index in [4.69, 9.17) is 4.74 Å². The van der Waals surface area contributed by atoms with Gasteiger partial charge in [0, 0.05) is 0 Å². The van der Waals surface area contributed by atoms with E-state index in [1.165, 1.54) is 12.1 Å². The molecule has 0 amide bonds. The Morgan fingerprint density at radius 3 is 1.72 bits per heavy atom. The molecule has 88 valence electrons. The van der Waals surface area contributed by atoms with Gasteiger partial charge in [0.2, 0.25) is 0 Å². The van der Waals surface area contributed by atoms with Gasteiger partial charge in [-0.2, -0.15) is 0 Å². The molecule has 6 heteroatoms. The molecule has 0 unspecified atom stereocenters. The second kappa shape index (κ2) is 6.77. The Balaban J connectivity index is 0.00000162. The summed E-state index contributed by atoms with van der Waals surface area (Å²) < 4.78 is 42.5. The minimum atomic E-state index is -4.94. The standard InChI is InChI=1S/C12H9BF3O.K/c14-13(15,16)10-6-8-12(9-7-10)17-11-4-2-1-3-5-11;/h1-9H;/q-1;+1. The molecule has 18 heavy (non-hydrogen) atoms. The fraction of sp³-hybridized carbons (Fsp3) is 0. The monoisotopic (exact) mass is 276 g/mol. The number of hydrogen-bond donors (Lipinski definition) is 0. The molecule has 0 radical (unpaired) electrons. The SMILES string of the molecule is F[B-](F)(F)c1ccc(Oc2ccccc2)cc1.[K+]. The van der Waals surface area contributed by atoms with Gasteiger partial charge < -0.3 is 17.7 Å². The van der Waals surface area contributed by atoms with E-state index in [0.29, 0.717) is 11.5 Å². The molecule has 0 saturated carbocycles. The molecule has 1 nitrogen and oxygen atoms in total. The molecule has 0 heterocycles. The number of ether oxygens (including phenoxy) is 1. The summed E-state index contributed by atoms with van der Waals surface area (Å²) in [6.07, 6.45) is 0. The van der Waals surface area contributed by atoms with Crippen LogP contribution >= 0.6 is 0 Å². The first-order valence-electron chi connectivity index (χ1n) is 5.08. The fourth-order valence-electron chi connectivity index (χ4n) is 1.38. The minimum Gasteiger partial charge on any atom is -0.457 e. The van der Waals surface area contributed by atoms with E-state index < -0.39 is 12.4 Å². The number of halogens is 3. The summed E-state index contributed by atoms with van der Waals surface area (Å²) in [7, 11) is 0. The predicted molar refractivity (Wildman–Crippen MR) is 61.7 cm³/mol. The van der Waals surface area contributed by atoms with Crippen molar-refractivity contribution in [2.24, 2.45) is 0 Å². The van der Waals surface area contributed by atoms with E-state index in [0.717, 1.165) is 12.1 Å². The molecule has 0 fully saturated rings. The van der Waals surface area contributed by atoms with Crippen LogP contribution in [-0.2, 0) is 0 Å². The molecule has 0 N–H and O–H groups in total. The molecule has 0 aliphatic heterocycles. The maximum absolute atomic E-state index is 12.4. The molecule has 2 rings (SSSR count). The van der Waals surface area contributed by atoms with Gasteiger partial charge in [-0.3, -0.25) is 0 Å². The van der Waals surface area contributed by atoms with Gasteiger partial charge >= 0.3 is 58.4 Å². The van der Waals surface area contributed by atoms with Gasteiger partial charge in [-0.15, -0.1) is 5.46 Å². The van der Waals surface area contributed by atoms with E-state index >= 15 is 0 Å². The van der Waals surface area contributed by atoms with E-state index in [1.54, 1.807) is 24.3 Å². The minimum absolute atomic E-state index is 0. The fourth-order valence-corrected chi connectivity index (χ4v) is 1.38. The summed E-state index contributed by atoms with van der Waals surface area (Å²) in [6, 6.07) is 13.6. The Morgan fingerprint density at radius 1 is 0.722 bits per heavy atom. The van der Waals surface area contributed by atoms with Crippen LogP contribution in [0.3, 0.4) is 0 Å². The van der Waals surface area contributed by atoms with Crippen LogP contribution in [0.15, 0.2) is 54.6 Å². The first-order valence-corrected chi connectivity index (χ1v) is 5.08. The van der Waals surface area contributed by atoms with E-state index in [9.17, 15) is 12.9 Å². The van der Waals surface area contributed by atoms with Gasteiger partial charge in [0.1, 0.15) is 11.5 Å². The van der Waals surface area contributed by atoms with Crippen molar-refractivity contribution in [3.8, 4) is 11.5 Å². The molecule has 0 aliphatic rings. The zero-order valence-corrected chi connectivity index (χ0v) is 12.9. The number of benzene rings is 2. The van der Waals surface area contributed by atoms with E-state index in [2.05, 4.69) is 0 Å². The van der Waals surface area contributed by atoms with Crippen molar-refractivity contribution < 1.29 is 69.1 Å². The van der Waals surface area contributed by atoms with Crippen molar-refractivity contribution in [2.45, 2.75) is 0 Å². The quantitative estimate of drug-likeness (QED) is 0.743. The van der Waals surface area contributed by atoms with Gasteiger partial charge in [-0.25, -0.2) is 0 Å². The van der Waals surface area contributed by atoms with Crippen molar-refractivity contribution in [2.75, 3.05) is 0 Å². The van der Waals surface area contributed by atoms with Crippen molar-refractivity contribution in [1.29, 1.82) is 0 Å². The Morgan fingerprint density at radius 2 is 1.22 bits per heavy atom. The second-order valence-corrected chi connectivity index (χ2v) is 3.56. The number of hydrogen-bond acceptors (Lipinski definition) is 1. The zero-order valence-electron chi connectivity index (χ0n) is 9.82. The first kappa shape index (κ1) is 15.8. The number of para-hydroxylation sites is 1. The van der Waals surface area contributed by atoms with Crippen molar-refractivity contribution in [3.05, 3.63) is 54.6 Å².